The molecule has 0 bridgehead atoms. The molecule has 2 aliphatic rings. The Balaban J connectivity index is 0.00000205. The standard InChI is InChI=1S/C32H38FN5O.3ClH/c1-35-28-12-15-38(16-13-28)29-21-37(22-29)14-11-26(24-7-9-27(33)10-8-24)20-36(2)32(39)31-18-23(19-34)17-25-5-3-4-6-30(25)31;;;/h3-10,17-18,26,28-29,35H,11-16,20-22H2,1-2H3;3*1H/t26-;;;/m1.../s1. The largest absolute Gasteiger partial charge is 0.341 e. The van der Waals surface area contributed by atoms with Crippen molar-refractivity contribution in [3.63, 3.8) is 0 Å². The quantitative estimate of drug-likeness (QED) is 0.325. The van der Waals surface area contributed by atoms with E-state index in [1.54, 1.807) is 11.0 Å². The predicted molar refractivity (Wildman–Crippen MR) is 175 cm³/mol. The zero-order valence-electron chi connectivity index (χ0n) is 24.2. The molecule has 6 nitrogen and oxygen atoms in total. The number of halogens is 4. The van der Waals surface area contributed by atoms with Crippen LogP contribution in [0, 0.1) is 17.1 Å². The van der Waals surface area contributed by atoms with Gasteiger partial charge < -0.3 is 15.1 Å². The molecule has 2 heterocycles. The summed E-state index contributed by atoms with van der Waals surface area (Å²) in [6.45, 7) is 5.96. The molecular formula is C32H41Cl3FN5O. The highest BCUT2D eigenvalue weighted by Crippen LogP contribution is 2.27. The summed E-state index contributed by atoms with van der Waals surface area (Å²) in [6, 6.07) is 21.3. The molecule has 0 spiro atoms. The molecule has 42 heavy (non-hydrogen) atoms. The van der Waals surface area contributed by atoms with Crippen molar-refractivity contribution < 1.29 is 9.18 Å². The van der Waals surface area contributed by atoms with E-state index in [4.69, 9.17) is 0 Å². The Morgan fingerprint density at radius 3 is 2.38 bits per heavy atom. The van der Waals surface area contributed by atoms with Crippen molar-refractivity contribution in [2.24, 2.45) is 0 Å². The van der Waals surface area contributed by atoms with Gasteiger partial charge in [0.15, 0.2) is 0 Å². The maximum atomic E-state index is 13.7. The van der Waals surface area contributed by atoms with Gasteiger partial charge in [-0.25, -0.2) is 4.39 Å². The molecule has 0 aromatic heterocycles. The molecule has 5 rings (SSSR count). The topological polar surface area (TPSA) is 62.6 Å². The molecule has 228 valence electrons. The second kappa shape index (κ2) is 16.4. The lowest BCUT2D eigenvalue weighted by Crippen LogP contribution is -2.61. The number of rotatable bonds is 9. The van der Waals surface area contributed by atoms with Crippen LogP contribution in [-0.2, 0) is 0 Å². The van der Waals surface area contributed by atoms with Gasteiger partial charge in [-0.05, 0) is 73.5 Å². The van der Waals surface area contributed by atoms with Crippen molar-refractivity contribution in [3.05, 3.63) is 83.2 Å². The van der Waals surface area contributed by atoms with Crippen LogP contribution in [0.3, 0.4) is 0 Å². The van der Waals surface area contributed by atoms with Crippen LogP contribution < -0.4 is 5.32 Å². The average molecular weight is 637 g/mol. The molecule has 10 heteroatoms. The minimum absolute atomic E-state index is 0. The Morgan fingerprint density at radius 2 is 1.74 bits per heavy atom. The number of amides is 1. The fourth-order valence-corrected chi connectivity index (χ4v) is 6.12. The minimum atomic E-state index is -0.255. The first-order chi connectivity index (χ1) is 18.9. The van der Waals surface area contributed by atoms with Crippen LogP contribution >= 0.6 is 37.2 Å². The summed E-state index contributed by atoms with van der Waals surface area (Å²) in [5, 5.41) is 14.6. The summed E-state index contributed by atoms with van der Waals surface area (Å²) in [6.07, 6.45) is 3.32. The van der Waals surface area contributed by atoms with Gasteiger partial charge in [0.05, 0.1) is 11.6 Å². The lowest BCUT2D eigenvalue weighted by molar-refractivity contribution is 0.0170. The monoisotopic (exact) mass is 635 g/mol. The third-order valence-electron chi connectivity index (χ3n) is 8.59. The molecule has 1 N–H and O–H groups in total. The van der Waals surface area contributed by atoms with Gasteiger partial charge in [0.1, 0.15) is 5.82 Å². The first-order valence-electron chi connectivity index (χ1n) is 14.0. The Hall–Kier alpha value is -2.44. The molecule has 2 saturated heterocycles. The van der Waals surface area contributed by atoms with Crippen LogP contribution in [0.15, 0.2) is 60.7 Å². The molecule has 0 radical (unpaired) electrons. The van der Waals surface area contributed by atoms with E-state index in [1.807, 2.05) is 49.5 Å². The van der Waals surface area contributed by atoms with Gasteiger partial charge in [-0.3, -0.25) is 9.69 Å². The SMILES string of the molecule is CNC1CCN(C2CN(CC[C@H](CN(C)C(=O)c3cc(C#N)cc4ccccc34)c3ccc(F)cc3)C2)CC1.Cl.Cl.Cl. The highest BCUT2D eigenvalue weighted by molar-refractivity contribution is 6.07. The van der Waals surface area contributed by atoms with Crippen LogP contribution in [0.4, 0.5) is 4.39 Å². The van der Waals surface area contributed by atoms with Gasteiger partial charge in [0.2, 0.25) is 0 Å². The summed E-state index contributed by atoms with van der Waals surface area (Å²) >= 11 is 0. The van der Waals surface area contributed by atoms with Crippen LogP contribution in [0.2, 0.25) is 0 Å². The maximum Gasteiger partial charge on any atom is 0.254 e. The van der Waals surface area contributed by atoms with Gasteiger partial charge in [-0.2, -0.15) is 5.26 Å². The number of nitrogens with zero attached hydrogens (tertiary/aromatic N) is 4. The number of hydrogen-bond donors (Lipinski definition) is 1. The molecule has 1 atom stereocenters. The van der Waals surface area contributed by atoms with Crippen LogP contribution in [0.25, 0.3) is 10.8 Å². The number of likely N-dealkylation sites (N-methyl/N-ethyl adjacent to an activating group) is 1. The highest BCUT2D eigenvalue weighted by Gasteiger charge is 2.34. The Kier molecular flexibility index (Phi) is 14.0. The summed E-state index contributed by atoms with van der Waals surface area (Å²) < 4.78 is 13.7. The van der Waals surface area contributed by atoms with E-state index in [1.165, 1.54) is 25.0 Å². The second-order valence-corrected chi connectivity index (χ2v) is 11.1. The third-order valence-corrected chi connectivity index (χ3v) is 8.59. The Labute approximate surface area is 267 Å². The number of likely N-dealkylation sites (tertiary alicyclic amines) is 2. The second-order valence-electron chi connectivity index (χ2n) is 11.1. The zero-order chi connectivity index (χ0) is 27.4. The first kappa shape index (κ1) is 35.8. The molecule has 2 aliphatic heterocycles. The van der Waals surface area contributed by atoms with Crippen molar-refractivity contribution in [1.82, 2.24) is 20.0 Å². The number of piperidine rings is 1. The van der Waals surface area contributed by atoms with Gasteiger partial charge in [0, 0.05) is 63.3 Å². The molecule has 2 fully saturated rings. The number of nitriles is 1. The molecule has 3 aromatic rings. The van der Waals surface area contributed by atoms with Crippen LogP contribution in [0.5, 0.6) is 0 Å². The van der Waals surface area contributed by atoms with Gasteiger partial charge >= 0.3 is 0 Å². The predicted octanol–water partition coefficient (Wildman–Crippen LogP) is 5.73. The van der Waals surface area contributed by atoms with Crippen molar-refractivity contribution in [3.8, 4) is 6.07 Å². The Morgan fingerprint density at radius 1 is 1.07 bits per heavy atom. The Bertz CT molecular complexity index is 1340. The zero-order valence-corrected chi connectivity index (χ0v) is 26.6. The molecule has 1 amide bonds. The number of fused-ring (bicyclic) bond motifs is 1. The smallest absolute Gasteiger partial charge is 0.254 e. The lowest BCUT2D eigenvalue weighted by atomic mass is 9.93. The van der Waals surface area contributed by atoms with Crippen molar-refractivity contribution >= 4 is 53.9 Å². The third kappa shape index (κ3) is 8.35. The van der Waals surface area contributed by atoms with E-state index in [0.29, 0.717) is 29.8 Å². The van der Waals surface area contributed by atoms with Crippen molar-refractivity contribution in [2.75, 3.05) is 53.4 Å². The molecule has 3 aromatic carbocycles. The van der Waals surface area contributed by atoms with Crippen molar-refractivity contribution in [2.45, 2.75) is 37.3 Å². The summed E-state index contributed by atoms with van der Waals surface area (Å²) in [4.78, 5) is 20.5. The molecule has 0 saturated carbocycles. The molecule has 0 unspecified atom stereocenters. The highest BCUT2D eigenvalue weighted by atomic mass is 35.5. The molecular weight excluding hydrogens is 596 g/mol. The van der Waals surface area contributed by atoms with Gasteiger partial charge in [0.25, 0.3) is 5.91 Å². The van der Waals surface area contributed by atoms with E-state index in [0.717, 1.165) is 55.5 Å². The minimum Gasteiger partial charge on any atom is -0.341 e. The van der Waals surface area contributed by atoms with Crippen molar-refractivity contribution in [1.29, 1.82) is 5.26 Å². The summed E-state index contributed by atoms with van der Waals surface area (Å²) in [5.74, 6) is -0.283. The summed E-state index contributed by atoms with van der Waals surface area (Å²) in [7, 11) is 3.88. The maximum absolute atomic E-state index is 13.7. The number of carbonyl (C=O) groups excluding carboxylic acids is 1. The van der Waals surface area contributed by atoms with E-state index >= 15 is 0 Å². The lowest BCUT2D eigenvalue weighted by Gasteiger charge is -2.48. The van der Waals surface area contributed by atoms with Crippen LogP contribution in [-0.4, -0.2) is 86.1 Å². The number of benzene rings is 3. The number of nitrogens with one attached hydrogen (secondary N) is 1. The first-order valence-corrected chi connectivity index (χ1v) is 14.0. The normalized spacial score (nSPS) is 16.7. The van der Waals surface area contributed by atoms with Gasteiger partial charge in [-0.15, -0.1) is 37.2 Å². The fraction of sp³-hybridized carbons (Fsp3) is 0.438. The number of hydrogen-bond acceptors (Lipinski definition) is 5. The van der Waals surface area contributed by atoms with E-state index in [-0.39, 0.29) is 54.9 Å². The van der Waals surface area contributed by atoms with E-state index in [9.17, 15) is 14.4 Å². The van der Waals surface area contributed by atoms with E-state index < -0.39 is 0 Å². The molecule has 0 aliphatic carbocycles. The van der Waals surface area contributed by atoms with E-state index in [2.05, 4.69) is 28.2 Å². The summed E-state index contributed by atoms with van der Waals surface area (Å²) in [5.41, 5.74) is 2.05. The van der Waals surface area contributed by atoms with Crippen LogP contribution in [0.1, 0.15) is 46.7 Å². The average Bonchev–Trinajstić information content (AvgIpc) is 2.95. The fourth-order valence-electron chi connectivity index (χ4n) is 6.12. The van der Waals surface area contributed by atoms with Gasteiger partial charge in [-0.1, -0.05) is 36.4 Å². The number of carbonyl (C=O) groups is 1.